The lowest BCUT2D eigenvalue weighted by Gasteiger charge is -2.15. The predicted molar refractivity (Wildman–Crippen MR) is 78.5 cm³/mol. The van der Waals surface area contributed by atoms with E-state index in [2.05, 4.69) is 15.9 Å². The highest BCUT2D eigenvalue weighted by atomic mass is 79.9. The van der Waals surface area contributed by atoms with Crippen LogP contribution in [0.2, 0.25) is 0 Å². The average molecular weight is 341 g/mol. The van der Waals surface area contributed by atoms with Crippen molar-refractivity contribution in [3.63, 3.8) is 0 Å². The highest BCUT2D eigenvalue weighted by molar-refractivity contribution is 9.10. The lowest BCUT2D eigenvalue weighted by molar-refractivity contribution is 0.224. The number of aliphatic hydroxyl groups excluding tert-OH is 1. The van der Waals surface area contributed by atoms with Crippen LogP contribution in [-0.2, 0) is 12.8 Å². The Morgan fingerprint density at radius 1 is 1.00 bits per heavy atom. The zero-order valence-corrected chi connectivity index (χ0v) is 12.4. The molecule has 1 atom stereocenters. The average Bonchev–Trinajstić information content (AvgIpc) is 2.44. The summed E-state index contributed by atoms with van der Waals surface area (Å²) in [6.07, 6.45) is 1.19. The van der Waals surface area contributed by atoms with Gasteiger partial charge in [0.1, 0.15) is 0 Å². The number of hydrogen-bond acceptors (Lipinski definition) is 1. The molecule has 0 saturated carbocycles. The van der Waals surface area contributed by atoms with Crippen LogP contribution in [0.3, 0.4) is 0 Å². The minimum atomic E-state index is -0.847. The zero-order valence-electron chi connectivity index (χ0n) is 10.8. The van der Waals surface area contributed by atoms with Crippen molar-refractivity contribution in [2.45, 2.75) is 12.8 Å². The molecule has 20 heavy (non-hydrogen) atoms. The second kappa shape index (κ2) is 6.95. The van der Waals surface area contributed by atoms with E-state index in [9.17, 15) is 13.9 Å². The van der Waals surface area contributed by atoms with Gasteiger partial charge in [0.2, 0.25) is 0 Å². The van der Waals surface area contributed by atoms with E-state index >= 15 is 0 Å². The molecule has 0 aliphatic carbocycles. The topological polar surface area (TPSA) is 20.2 Å². The molecule has 1 nitrogen and oxygen atoms in total. The summed E-state index contributed by atoms with van der Waals surface area (Å²) in [5.41, 5.74) is 1.78. The Labute approximate surface area is 125 Å². The summed E-state index contributed by atoms with van der Waals surface area (Å²) in [4.78, 5) is 0. The molecule has 1 N–H and O–H groups in total. The van der Waals surface area contributed by atoms with E-state index in [4.69, 9.17) is 0 Å². The van der Waals surface area contributed by atoms with Gasteiger partial charge in [-0.25, -0.2) is 8.78 Å². The quantitative estimate of drug-likeness (QED) is 0.867. The van der Waals surface area contributed by atoms with E-state index in [1.165, 1.54) is 6.07 Å². The molecular formula is C16H15BrF2O. The molecule has 0 saturated heterocycles. The summed E-state index contributed by atoms with van der Waals surface area (Å²) in [6, 6.07) is 11.7. The molecule has 0 spiro atoms. The largest absolute Gasteiger partial charge is 0.396 e. The Morgan fingerprint density at radius 2 is 1.75 bits per heavy atom. The van der Waals surface area contributed by atoms with Gasteiger partial charge in [0, 0.05) is 11.1 Å². The summed E-state index contributed by atoms with van der Waals surface area (Å²) in [6.45, 7) is 0.000327. The molecule has 0 fully saturated rings. The van der Waals surface area contributed by atoms with Gasteiger partial charge in [0.15, 0.2) is 11.6 Å². The second-order valence-electron chi connectivity index (χ2n) is 4.80. The fourth-order valence-corrected chi connectivity index (χ4v) is 2.62. The minimum absolute atomic E-state index is 0.000327. The monoisotopic (exact) mass is 340 g/mol. The van der Waals surface area contributed by atoms with Crippen LogP contribution in [0, 0.1) is 17.6 Å². The lowest BCUT2D eigenvalue weighted by Crippen LogP contribution is -2.13. The van der Waals surface area contributed by atoms with Crippen molar-refractivity contribution in [1.29, 1.82) is 0 Å². The van der Waals surface area contributed by atoms with Crippen LogP contribution in [0.25, 0.3) is 0 Å². The maximum atomic E-state index is 13.2. The molecule has 106 valence electrons. The summed E-state index contributed by atoms with van der Waals surface area (Å²) < 4.78 is 27.1. The van der Waals surface area contributed by atoms with Crippen molar-refractivity contribution in [3.05, 3.63) is 69.7 Å². The molecule has 2 aromatic carbocycles. The van der Waals surface area contributed by atoms with Gasteiger partial charge in [0.25, 0.3) is 0 Å². The number of rotatable bonds is 5. The van der Waals surface area contributed by atoms with Crippen molar-refractivity contribution < 1.29 is 13.9 Å². The first-order chi connectivity index (χ1) is 9.60. The van der Waals surface area contributed by atoms with Crippen LogP contribution in [0.4, 0.5) is 8.78 Å². The Balaban J connectivity index is 2.09. The predicted octanol–water partition coefficient (Wildman–Crippen LogP) is 4.12. The van der Waals surface area contributed by atoms with Gasteiger partial charge in [-0.1, -0.05) is 40.2 Å². The first kappa shape index (κ1) is 15.1. The fourth-order valence-electron chi connectivity index (χ4n) is 2.18. The molecule has 2 rings (SSSR count). The van der Waals surface area contributed by atoms with Crippen LogP contribution < -0.4 is 0 Å². The molecular weight excluding hydrogens is 326 g/mol. The van der Waals surface area contributed by atoms with Crippen LogP contribution >= 0.6 is 15.9 Å². The highest BCUT2D eigenvalue weighted by Crippen LogP contribution is 2.22. The third kappa shape index (κ3) is 3.87. The first-order valence-electron chi connectivity index (χ1n) is 6.38. The molecule has 4 heteroatoms. The second-order valence-corrected chi connectivity index (χ2v) is 5.65. The smallest absolute Gasteiger partial charge is 0.159 e. The highest BCUT2D eigenvalue weighted by Gasteiger charge is 2.13. The molecule has 0 radical (unpaired) electrons. The normalized spacial score (nSPS) is 12.4. The molecule has 0 aromatic heterocycles. The Bertz CT molecular complexity index is 586. The third-order valence-electron chi connectivity index (χ3n) is 3.23. The van der Waals surface area contributed by atoms with Crippen LogP contribution in [-0.4, -0.2) is 11.7 Å². The maximum absolute atomic E-state index is 13.2. The van der Waals surface area contributed by atoms with Crippen LogP contribution in [0.1, 0.15) is 11.1 Å². The summed E-state index contributed by atoms with van der Waals surface area (Å²) in [7, 11) is 0. The van der Waals surface area contributed by atoms with Gasteiger partial charge in [-0.05, 0) is 48.1 Å². The molecule has 0 heterocycles. The van der Waals surface area contributed by atoms with E-state index < -0.39 is 11.6 Å². The summed E-state index contributed by atoms with van der Waals surface area (Å²) >= 11 is 3.47. The van der Waals surface area contributed by atoms with Crippen molar-refractivity contribution in [1.82, 2.24) is 0 Å². The number of aliphatic hydroxyl groups is 1. The van der Waals surface area contributed by atoms with Crippen molar-refractivity contribution in [3.8, 4) is 0 Å². The number of halogens is 3. The third-order valence-corrected chi connectivity index (χ3v) is 4.01. The van der Waals surface area contributed by atoms with E-state index in [0.717, 1.165) is 16.1 Å². The molecule has 0 bridgehead atoms. The Morgan fingerprint density at radius 3 is 2.40 bits per heavy atom. The van der Waals surface area contributed by atoms with Crippen LogP contribution in [0.5, 0.6) is 0 Å². The maximum Gasteiger partial charge on any atom is 0.159 e. The van der Waals surface area contributed by atoms with Crippen molar-refractivity contribution in [2.75, 3.05) is 6.61 Å². The van der Waals surface area contributed by atoms with Crippen molar-refractivity contribution in [2.24, 2.45) is 5.92 Å². The van der Waals surface area contributed by atoms with E-state index in [-0.39, 0.29) is 12.5 Å². The molecule has 1 unspecified atom stereocenters. The van der Waals surface area contributed by atoms with E-state index in [1.54, 1.807) is 6.07 Å². The fraction of sp³-hybridized carbons (Fsp3) is 0.250. The first-order valence-corrected chi connectivity index (χ1v) is 7.17. The summed E-state index contributed by atoms with van der Waals surface area (Å²) in [5, 5.41) is 9.48. The number of benzene rings is 2. The summed E-state index contributed by atoms with van der Waals surface area (Å²) in [5.74, 6) is -1.72. The van der Waals surface area contributed by atoms with Crippen molar-refractivity contribution >= 4 is 15.9 Å². The molecule has 0 aliphatic heterocycles. The van der Waals surface area contributed by atoms with Gasteiger partial charge >= 0.3 is 0 Å². The molecule has 0 amide bonds. The van der Waals surface area contributed by atoms with Gasteiger partial charge < -0.3 is 5.11 Å². The van der Waals surface area contributed by atoms with E-state index in [1.807, 2.05) is 24.3 Å². The van der Waals surface area contributed by atoms with E-state index in [0.29, 0.717) is 18.4 Å². The van der Waals surface area contributed by atoms with Crippen LogP contribution in [0.15, 0.2) is 46.9 Å². The molecule has 0 aliphatic rings. The standard InChI is InChI=1S/C16H15BrF2O/c17-14-4-2-1-3-13(14)8-12(10-20)7-11-5-6-15(18)16(19)9-11/h1-6,9,12,20H,7-8,10H2. The van der Waals surface area contributed by atoms with Gasteiger partial charge in [0.05, 0.1) is 0 Å². The zero-order chi connectivity index (χ0) is 14.5. The Kier molecular flexibility index (Phi) is 5.26. The van der Waals surface area contributed by atoms with Gasteiger partial charge in [-0.3, -0.25) is 0 Å². The molecule has 2 aromatic rings. The van der Waals surface area contributed by atoms with Gasteiger partial charge in [-0.2, -0.15) is 0 Å². The minimum Gasteiger partial charge on any atom is -0.396 e. The van der Waals surface area contributed by atoms with Gasteiger partial charge in [-0.15, -0.1) is 0 Å². The number of hydrogen-bond donors (Lipinski definition) is 1. The lowest BCUT2D eigenvalue weighted by atomic mass is 9.93. The SMILES string of the molecule is OCC(Cc1ccc(F)c(F)c1)Cc1ccccc1Br. The Hall–Kier alpha value is -1.26.